The number of para-hydroxylation sites is 1. The Labute approximate surface area is 143 Å². The van der Waals surface area contributed by atoms with Crippen molar-refractivity contribution in [1.82, 2.24) is 9.88 Å². The van der Waals surface area contributed by atoms with Crippen LogP contribution in [0.3, 0.4) is 0 Å². The summed E-state index contributed by atoms with van der Waals surface area (Å²) in [5, 5.41) is 1.61. The Bertz CT molecular complexity index is 1060. The van der Waals surface area contributed by atoms with E-state index in [0.29, 0.717) is 16.2 Å². The molecule has 0 spiro atoms. The largest absolute Gasteiger partial charge is 0.422 e. The van der Waals surface area contributed by atoms with Crippen LogP contribution in [-0.2, 0) is 6.54 Å². The highest BCUT2D eigenvalue weighted by molar-refractivity contribution is 7.21. The van der Waals surface area contributed by atoms with Crippen molar-refractivity contribution in [3.8, 4) is 10.6 Å². The Morgan fingerprint density at radius 2 is 1.96 bits per heavy atom. The first-order valence-corrected chi connectivity index (χ1v) is 8.49. The van der Waals surface area contributed by atoms with E-state index in [-0.39, 0.29) is 5.63 Å². The van der Waals surface area contributed by atoms with E-state index < -0.39 is 0 Å². The highest BCUT2D eigenvalue weighted by Crippen LogP contribution is 2.29. The van der Waals surface area contributed by atoms with Gasteiger partial charge in [0.25, 0.3) is 0 Å². The summed E-state index contributed by atoms with van der Waals surface area (Å²) in [7, 11) is 4.02. The second-order valence-electron chi connectivity index (χ2n) is 6.04. The highest BCUT2D eigenvalue weighted by atomic mass is 32.1. The lowest BCUT2D eigenvalue weighted by atomic mass is 10.1. The van der Waals surface area contributed by atoms with E-state index >= 15 is 0 Å². The third kappa shape index (κ3) is 2.72. The number of rotatable bonds is 3. The number of hydrogen-bond acceptors (Lipinski definition) is 5. The second-order valence-corrected chi connectivity index (χ2v) is 7.07. The first-order chi connectivity index (χ1) is 11.6. The molecule has 0 fully saturated rings. The predicted molar refractivity (Wildman–Crippen MR) is 98.5 cm³/mol. The third-order valence-corrected chi connectivity index (χ3v) is 4.89. The molecule has 0 aliphatic rings. The van der Waals surface area contributed by atoms with Crippen LogP contribution in [0.5, 0.6) is 0 Å². The molecule has 0 saturated heterocycles. The number of nitrogens with zero attached hydrogens (tertiary/aromatic N) is 2. The van der Waals surface area contributed by atoms with Crippen molar-refractivity contribution >= 4 is 32.5 Å². The summed E-state index contributed by atoms with van der Waals surface area (Å²) in [6, 6.07) is 15.7. The quantitative estimate of drug-likeness (QED) is 0.528. The van der Waals surface area contributed by atoms with Crippen molar-refractivity contribution in [2.75, 3.05) is 14.1 Å². The number of benzene rings is 2. The number of thiazole rings is 1. The standard InChI is InChI=1S/C19H16N2O2S/c1-21(2)11-12-7-8-13-10-14(19(22)23-16(13)9-12)18-20-15-5-3-4-6-17(15)24-18/h3-10H,11H2,1-2H3. The van der Waals surface area contributed by atoms with Gasteiger partial charge in [0.15, 0.2) is 0 Å². The summed E-state index contributed by atoms with van der Waals surface area (Å²) >= 11 is 1.51. The summed E-state index contributed by atoms with van der Waals surface area (Å²) in [5.41, 5.74) is 2.80. The molecule has 4 aromatic rings. The molecule has 2 aromatic heterocycles. The lowest BCUT2D eigenvalue weighted by Gasteiger charge is -2.09. The molecular formula is C19H16N2O2S. The van der Waals surface area contributed by atoms with E-state index in [1.54, 1.807) is 0 Å². The Morgan fingerprint density at radius 1 is 1.12 bits per heavy atom. The van der Waals surface area contributed by atoms with Gasteiger partial charge in [-0.1, -0.05) is 24.3 Å². The normalized spacial score (nSPS) is 11.6. The second kappa shape index (κ2) is 5.85. The molecule has 120 valence electrons. The van der Waals surface area contributed by atoms with Crippen molar-refractivity contribution in [3.63, 3.8) is 0 Å². The van der Waals surface area contributed by atoms with Crippen molar-refractivity contribution in [2.24, 2.45) is 0 Å². The zero-order valence-electron chi connectivity index (χ0n) is 13.4. The van der Waals surface area contributed by atoms with Crippen molar-refractivity contribution < 1.29 is 4.42 Å². The van der Waals surface area contributed by atoms with Gasteiger partial charge >= 0.3 is 5.63 Å². The average Bonchev–Trinajstić information content (AvgIpc) is 2.97. The summed E-state index contributed by atoms with van der Waals surface area (Å²) in [6.45, 7) is 0.805. The molecule has 2 heterocycles. The topological polar surface area (TPSA) is 46.3 Å². The van der Waals surface area contributed by atoms with Crippen LogP contribution in [0, 0.1) is 0 Å². The maximum atomic E-state index is 12.4. The fourth-order valence-corrected chi connectivity index (χ4v) is 3.73. The van der Waals surface area contributed by atoms with Crippen molar-refractivity contribution in [1.29, 1.82) is 0 Å². The van der Waals surface area contributed by atoms with E-state index in [1.165, 1.54) is 11.3 Å². The third-order valence-electron chi connectivity index (χ3n) is 3.82. The average molecular weight is 336 g/mol. The molecule has 24 heavy (non-hydrogen) atoms. The molecule has 0 atom stereocenters. The minimum absolute atomic E-state index is 0.344. The lowest BCUT2D eigenvalue weighted by molar-refractivity contribution is 0.402. The maximum Gasteiger partial charge on any atom is 0.346 e. The zero-order chi connectivity index (χ0) is 16.7. The van der Waals surface area contributed by atoms with Gasteiger partial charge in [0.05, 0.1) is 15.8 Å². The molecule has 4 rings (SSSR count). The van der Waals surface area contributed by atoms with Crippen molar-refractivity contribution in [3.05, 3.63) is 64.5 Å². The highest BCUT2D eigenvalue weighted by Gasteiger charge is 2.13. The summed E-state index contributed by atoms with van der Waals surface area (Å²) in [4.78, 5) is 19.1. The molecule has 4 nitrogen and oxygen atoms in total. The molecule has 0 saturated carbocycles. The van der Waals surface area contributed by atoms with Crippen LogP contribution in [0.1, 0.15) is 5.56 Å². The number of aromatic nitrogens is 1. The molecule has 0 bridgehead atoms. The number of hydrogen-bond donors (Lipinski definition) is 0. The van der Waals surface area contributed by atoms with Gasteiger partial charge in [-0.2, -0.15) is 0 Å². The molecular weight excluding hydrogens is 320 g/mol. The zero-order valence-corrected chi connectivity index (χ0v) is 14.3. The first kappa shape index (κ1) is 15.1. The van der Waals surface area contributed by atoms with Crippen LogP contribution in [0.4, 0.5) is 0 Å². The summed E-state index contributed by atoms with van der Waals surface area (Å²) in [6.07, 6.45) is 0. The molecule has 5 heteroatoms. The SMILES string of the molecule is CN(C)Cc1ccc2cc(-c3nc4ccccc4s3)c(=O)oc2c1. The van der Waals surface area contributed by atoms with Gasteiger partial charge in [0.1, 0.15) is 10.6 Å². The van der Waals surface area contributed by atoms with Crippen LogP contribution in [-0.4, -0.2) is 24.0 Å². The van der Waals surface area contributed by atoms with E-state index in [9.17, 15) is 4.79 Å². The molecule has 0 N–H and O–H groups in total. The van der Waals surface area contributed by atoms with Crippen LogP contribution < -0.4 is 5.63 Å². The van der Waals surface area contributed by atoms with Crippen molar-refractivity contribution in [2.45, 2.75) is 6.54 Å². The smallest absolute Gasteiger partial charge is 0.346 e. The van der Waals surface area contributed by atoms with Gasteiger partial charge in [0.2, 0.25) is 0 Å². The van der Waals surface area contributed by atoms with E-state index in [0.717, 1.165) is 27.7 Å². The Morgan fingerprint density at radius 3 is 2.75 bits per heavy atom. The molecule has 0 unspecified atom stereocenters. The van der Waals surface area contributed by atoms with Gasteiger partial charge in [-0.3, -0.25) is 0 Å². The van der Waals surface area contributed by atoms with E-state index in [1.807, 2.05) is 56.6 Å². The number of fused-ring (bicyclic) bond motifs is 2. The molecule has 0 aliphatic carbocycles. The van der Waals surface area contributed by atoms with Gasteiger partial charge in [-0.15, -0.1) is 11.3 Å². The van der Waals surface area contributed by atoms with Gasteiger partial charge in [0, 0.05) is 11.9 Å². The minimum Gasteiger partial charge on any atom is -0.422 e. The van der Waals surface area contributed by atoms with E-state index in [4.69, 9.17) is 4.42 Å². The van der Waals surface area contributed by atoms with Crippen LogP contribution >= 0.6 is 11.3 Å². The lowest BCUT2D eigenvalue weighted by Crippen LogP contribution is -2.10. The van der Waals surface area contributed by atoms with Crippen LogP contribution in [0.25, 0.3) is 31.8 Å². The van der Waals surface area contributed by atoms with Gasteiger partial charge in [-0.05, 0) is 43.9 Å². The minimum atomic E-state index is -0.344. The monoisotopic (exact) mass is 336 g/mol. The molecule has 0 aliphatic heterocycles. The Hall–Kier alpha value is -2.50. The summed E-state index contributed by atoms with van der Waals surface area (Å²) < 4.78 is 6.62. The molecule has 0 radical (unpaired) electrons. The maximum absolute atomic E-state index is 12.4. The van der Waals surface area contributed by atoms with Crippen LogP contribution in [0.2, 0.25) is 0 Å². The van der Waals surface area contributed by atoms with E-state index in [2.05, 4.69) is 16.0 Å². The molecule has 2 aromatic carbocycles. The molecule has 0 amide bonds. The fraction of sp³-hybridized carbons (Fsp3) is 0.158. The van der Waals surface area contributed by atoms with Gasteiger partial charge < -0.3 is 9.32 Å². The first-order valence-electron chi connectivity index (χ1n) is 7.67. The Kier molecular flexibility index (Phi) is 3.67. The Balaban J connectivity index is 1.84. The van der Waals surface area contributed by atoms with Gasteiger partial charge in [-0.25, -0.2) is 9.78 Å². The summed E-state index contributed by atoms with van der Waals surface area (Å²) in [5.74, 6) is 0. The van der Waals surface area contributed by atoms with Crippen LogP contribution in [0.15, 0.2) is 57.7 Å². The predicted octanol–water partition coefficient (Wildman–Crippen LogP) is 4.13. The fourth-order valence-electron chi connectivity index (χ4n) is 2.76.